The third-order valence-corrected chi connectivity index (χ3v) is 3.55. The number of hydrogen-bond donors (Lipinski definition) is 1. The lowest BCUT2D eigenvalue weighted by molar-refractivity contribution is 0.571. The first-order valence-corrected chi connectivity index (χ1v) is 6.74. The maximum Gasteiger partial charge on any atom is 0.128 e. The molecule has 0 bridgehead atoms. The molecule has 1 unspecified atom stereocenters. The first-order chi connectivity index (χ1) is 9.38. The fraction of sp³-hybridized carbons (Fsp3) is 0.250. The Kier molecular flexibility index (Phi) is 4.29. The fourth-order valence-electron chi connectivity index (χ4n) is 2.04. The second kappa shape index (κ2) is 5.80. The van der Waals surface area contributed by atoms with Crippen LogP contribution in [0.1, 0.15) is 29.7 Å². The molecule has 0 aliphatic carbocycles. The lowest BCUT2D eigenvalue weighted by atomic mass is 10.0. The Hall–Kier alpha value is -1.61. The minimum Gasteiger partial charge on any atom is -0.377 e. The van der Waals surface area contributed by atoms with Crippen LogP contribution in [0.15, 0.2) is 30.3 Å². The quantitative estimate of drug-likeness (QED) is 0.798. The molecule has 1 nitrogen and oxygen atoms in total. The highest BCUT2D eigenvalue weighted by atomic mass is 35.5. The number of halogens is 3. The summed E-state index contributed by atoms with van der Waals surface area (Å²) < 4.78 is 27.5. The van der Waals surface area contributed by atoms with Gasteiger partial charge in [-0.15, -0.1) is 0 Å². The summed E-state index contributed by atoms with van der Waals surface area (Å²) in [5.41, 5.74) is 2.32. The normalized spacial score (nSPS) is 12.3. The molecule has 0 saturated heterocycles. The molecule has 1 atom stereocenters. The van der Waals surface area contributed by atoms with E-state index in [1.165, 1.54) is 19.1 Å². The molecule has 0 aliphatic rings. The molecule has 0 radical (unpaired) electrons. The van der Waals surface area contributed by atoms with E-state index in [0.29, 0.717) is 16.3 Å². The molecule has 4 heteroatoms. The van der Waals surface area contributed by atoms with E-state index < -0.39 is 11.6 Å². The summed E-state index contributed by atoms with van der Waals surface area (Å²) in [4.78, 5) is 0. The molecular formula is C16H16ClF2N. The fourth-order valence-corrected chi connectivity index (χ4v) is 2.33. The summed E-state index contributed by atoms with van der Waals surface area (Å²) in [6.45, 7) is 5.24. The first-order valence-electron chi connectivity index (χ1n) is 6.36. The van der Waals surface area contributed by atoms with Crippen molar-refractivity contribution >= 4 is 17.3 Å². The molecule has 2 aromatic rings. The molecule has 0 heterocycles. The average Bonchev–Trinajstić information content (AvgIpc) is 2.37. The average molecular weight is 296 g/mol. The summed E-state index contributed by atoms with van der Waals surface area (Å²) in [5, 5.41) is 3.66. The van der Waals surface area contributed by atoms with E-state index in [9.17, 15) is 8.78 Å². The topological polar surface area (TPSA) is 12.0 Å². The van der Waals surface area contributed by atoms with Crippen LogP contribution in [0.4, 0.5) is 14.5 Å². The van der Waals surface area contributed by atoms with Gasteiger partial charge in [-0.2, -0.15) is 0 Å². The summed E-state index contributed by atoms with van der Waals surface area (Å²) in [7, 11) is 0. The zero-order valence-electron chi connectivity index (χ0n) is 11.6. The van der Waals surface area contributed by atoms with Gasteiger partial charge < -0.3 is 5.32 Å². The van der Waals surface area contributed by atoms with Crippen LogP contribution in [0.3, 0.4) is 0 Å². The molecule has 0 amide bonds. The number of aryl methyl sites for hydroxylation is 2. The Morgan fingerprint density at radius 3 is 2.40 bits per heavy atom. The lowest BCUT2D eigenvalue weighted by Crippen LogP contribution is -2.10. The van der Waals surface area contributed by atoms with Crippen LogP contribution >= 0.6 is 11.6 Å². The highest BCUT2D eigenvalue weighted by Gasteiger charge is 2.14. The molecule has 0 spiro atoms. The van der Waals surface area contributed by atoms with Crippen molar-refractivity contribution in [2.24, 2.45) is 0 Å². The van der Waals surface area contributed by atoms with E-state index in [4.69, 9.17) is 11.6 Å². The van der Waals surface area contributed by atoms with Crippen molar-refractivity contribution in [3.05, 3.63) is 63.7 Å². The molecule has 1 N–H and O–H groups in total. The van der Waals surface area contributed by atoms with Crippen LogP contribution in [-0.4, -0.2) is 0 Å². The van der Waals surface area contributed by atoms with Crippen molar-refractivity contribution in [3.63, 3.8) is 0 Å². The number of rotatable bonds is 3. The van der Waals surface area contributed by atoms with Crippen LogP contribution in [-0.2, 0) is 0 Å². The van der Waals surface area contributed by atoms with Gasteiger partial charge in [0, 0.05) is 5.56 Å². The second-order valence-corrected chi connectivity index (χ2v) is 5.38. The van der Waals surface area contributed by atoms with Gasteiger partial charge in [0.15, 0.2) is 0 Å². The molecule has 20 heavy (non-hydrogen) atoms. The van der Waals surface area contributed by atoms with Crippen LogP contribution in [0, 0.1) is 25.5 Å². The minimum absolute atomic E-state index is 0.282. The number of nitrogens with one attached hydrogen (secondary N) is 1. The molecule has 0 aromatic heterocycles. The summed E-state index contributed by atoms with van der Waals surface area (Å²) in [6, 6.07) is 7.61. The zero-order chi connectivity index (χ0) is 14.9. The highest BCUT2D eigenvalue weighted by Crippen LogP contribution is 2.28. The first kappa shape index (κ1) is 14.8. The van der Waals surface area contributed by atoms with Gasteiger partial charge in [-0.05, 0) is 56.2 Å². The number of hydrogen-bond acceptors (Lipinski definition) is 1. The Labute approximate surface area is 122 Å². The van der Waals surface area contributed by atoms with E-state index in [-0.39, 0.29) is 11.6 Å². The van der Waals surface area contributed by atoms with Crippen LogP contribution in [0.2, 0.25) is 5.02 Å². The van der Waals surface area contributed by atoms with E-state index in [1.54, 1.807) is 6.92 Å². The number of anilines is 1. The summed E-state index contributed by atoms with van der Waals surface area (Å²) in [5.74, 6) is -0.836. The number of benzene rings is 2. The Bertz CT molecular complexity index is 641. The zero-order valence-corrected chi connectivity index (χ0v) is 12.4. The minimum atomic E-state index is -0.424. The maximum atomic E-state index is 13.9. The lowest BCUT2D eigenvalue weighted by Gasteiger charge is -2.18. The van der Waals surface area contributed by atoms with Gasteiger partial charge in [0.1, 0.15) is 11.6 Å². The smallest absolute Gasteiger partial charge is 0.128 e. The van der Waals surface area contributed by atoms with Crippen molar-refractivity contribution in [1.29, 1.82) is 0 Å². The molecule has 0 saturated carbocycles. The van der Waals surface area contributed by atoms with E-state index >= 15 is 0 Å². The Balaban J connectivity index is 2.28. The molecule has 106 valence electrons. The Morgan fingerprint density at radius 2 is 1.75 bits per heavy atom. The second-order valence-electron chi connectivity index (χ2n) is 4.97. The predicted molar refractivity (Wildman–Crippen MR) is 79.3 cm³/mol. The SMILES string of the molecule is Cc1ccc(NC(C)c2cc(F)c(C)cc2F)c(Cl)c1. The van der Waals surface area contributed by atoms with E-state index in [1.807, 2.05) is 25.1 Å². The van der Waals surface area contributed by atoms with Crippen LogP contribution < -0.4 is 5.32 Å². The molecule has 0 fully saturated rings. The van der Waals surface area contributed by atoms with Crippen molar-refractivity contribution < 1.29 is 8.78 Å². The van der Waals surface area contributed by atoms with Gasteiger partial charge in [-0.1, -0.05) is 17.7 Å². The van der Waals surface area contributed by atoms with Gasteiger partial charge in [-0.3, -0.25) is 0 Å². The van der Waals surface area contributed by atoms with Crippen LogP contribution in [0.5, 0.6) is 0 Å². The van der Waals surface area contributed by atoms with Crippen molar-refractivity contribution in [3.8, 4) is 0 Å². The largest absolute Gasteiger partial charge is 0.377 e. The molecule has 2 rings (SSSR count). The Morgan fingerprint density at radius 1 is 1.05 bits per heavy atom. The summed E-state index contributed by atoms with van der Waals surface area (Å²) >= 11 is 6.13. The maximum absolute atomic E-state index is 13.9. The van der Waals surface area contributed by atoms with Gasteiger partial charge >= 0.3 is 0 Å². The van der Waals surface area contributed by atoms with Gasteiger partial charge in [0.05, 0.1) is 16.8 Å². The van der Waals surface area contributed by atoms with Crippen LogP contribution in [0.25, 0.3) is 0 Å². The third kappa shape index (κ3) is 3.10. The molecule has 2 aromatic carbocycles. The predicted octanol–water partition coefficient (Wildman–Crippen LogP) is 5.41. The molecule has 0 aliphatic heterocycles. The van der Waals surface area contributed by atoms with Gasteiger partial charge in [0.2, 0.25) is 0 Å². The standard InChI is InChI=1S/C16H16ClF2N/c1-9-4-5-16(13(17)6-9)20-11(3)12-8-14(18)10(2)7-15(12)19/h4-8,11,20H,1-3H3. The third-order valence-electron chi connectivity index (χ3n) is 3.24. The van der Waals surface area contributed by atoms with Crippen molar-refractivity contribution in [2.75, 3.05) is 5.32 Å². The van der Waals surface area contributed by atoms with E-state index in [0.717, 1.165) is 5.56 Å². The van der Waals surface area contributed by atoms with Gasteiger partial charge in [-0.25, -0.2) is 8.78 Å². The summed E-state index contributed by atoms with van der Waals surface area (Å²) in [6.07, 6.45) is 0. The highest BCUT2D eigenvalue weighted by molar-refractivity contribution is 6.33. The van der Waals surface area contributed by atoms with Crippen molar-refractivity contribution in [1.82, 2.24) is 0 Å². The molecular weight excluding hydrogens is 280 g/mol. The van der Waals surface area contributed by atoms with Gasteiger partial charge in [0.25, 0.3) is 0 Å². The van der Waals surface area contributed by atoms with Crippen molar-refractivity contribution in [2.45, 2.75) is 26.8 Å². The monoisotopic (exact) mass is 295 g/mol. The van der Waals surface area contributed by atoms with E-state index in [2.05, 4.69) is 5.32 Å².